The number of hydrogen-bond donors (Lipinski definition) is 1. The van der Waals surface area contributed by atoms with Gasteiger partial charge in [0.1, 0.15) is 0 Å². The van der Waals surface area contributed by atoms with Gasteiger partial charge in [-0.15, -0.1) is 0 Å². The zero-order valence-electron chi connectivity index (χ0n) is 12.0. The standard InChI is InChI=1S/C18H14N4/c19-11-12-6-8-15-14(10-12)7-9-16-17(15)21-22(20)18(16)13-4-2-1-3-5-13/h1-6,8,10H,7,9,20H2. The van der Waals surface area contributed by atoms with Crippen LogP contribution in [-0.4, -0.2) is 9.89 Å². The molecule has 4 rings (SSSR count). The molecule has 0 saturated carbocycles. The van der Waals surface area contributed by atoms with Gasteiger partial charge in [0.05, 0.1) is 23.0 Å². The molecule has 0 bridgehead atoms. The quantitative estimate of drug-likeness (QED) is 0.699. The number of fused-ring (bicyclic) bond motifs is 3. The largest absolute Gasteiger partial charge is 0.323 e. The average molecular weight is 286 g/mol. The van der Waals surface area contributed by atoms with Gasteiger partial charge in [-0.05, 0) is 30.5 Å². The van der Waals surface area contributed by atoms with Crippen molar-refractivity contribution in [1.82, 2.24) is 9.89 Å². The molecular formula is C18H14N4. The first-order chi connectivity index (χ1) is 10.8. The summed E-state index contributed by atoms with van der Waals surface area (Å²) >= 11 is 0. The van der Waals surface area contributed by atoms with E-state index < -0.39 is 0 Å². The van der Waals surface area contributed by atoms with Gasteiger partial charge in [-0.1, -0.05) is 36.4 Å². The Morgan fingerprint density at radius 2 is 1.91 bits per heavy atom. The summed E-state index contributed by atoms with van der Waals surface area (Å²) in [5.74, 6) is 6.12. The maximum Gasteiger partial charge on any atom is 0.0991 e. The van der Waals surface area contributed by atoms with E-state index in [2.05, 4.69) is 23.3 Å². The number of aromatic nitrogens is 2. The van der Waals surface area contributed by atoms with Crippen LogP contribution in [0.1, 0.15) is 16.7 Å². The maximum atomic E-state index is 9.04. The number of hydrogen-bond acceptors (Lipinski definition) is 3. The average Bonchev–Trinajstić information content (AvgIpc) is 2.91. The first kappa shape index (κ1) is 12.7. The van der Waals surface area contributed by atoms with E-state index in [1.54, 1.807) is 0 Å². The molecule has 2 aromatic carbocycles. The first-order valence-corrected chi connectivity index (χ1v) is 7.23. The lowest BCUT2D eigenvalue weighted by atomic mass is 9.87. The third-order valence-electron chi connectivity index (χ3n) is 4.19. The van der Waals surface area contributed by atoms with E-state index in [1.165, 1.54) is 15.9 Å². The van der Waals surface area contributed by atoms with Gasteiger partial charge in [-0.2, -0.15) is 15.2 Å². The molecule has 3 aromatic rings. The molecule has 0 spiro atoms. The van der Waals surface area contributed by atoms with E-state index in [9.17, 15) is 0 Å². The summed E-state index contributed by atoms with van der Waals surface area (Å²) < 4.78 is 0. The predicted octanol–water partition coefficient (Wildman–Crippen LogP) is 2.90. The lowest BCUT2D eigenvalue weighted by molar-refractivity contribution is 0.843. The number of benzene rings is 2. The monoisotopic (exact) mass is 286 g/mol. The predicted molar refractivity (Wildman–Crippen MR) is 85.4 cm³/mol. The topological polar surface area (TPSA) is 67.6 Å². The number of nitriles is 1. The minimum absolute atomic E-state index is 0.692. The Morgan fingerprint density at radius 1 is 1.09 bits per heavy atom. The molecule has 0 unspecified atom stereocenters. The Hall–Kier alpha value is -3.06. The van der Waals surface area contributed by atoms with Crippen LogP contribution >= 0.6 is 0 Å². The van der Waals surface area contributed by atoms with E-state index in [0.717, 1.165) is 35.4 Å². The minimum atomic E-state index is 0.692. The molecule has 4 nitrogen and oxygen atoms in total. The van der Waals surface area contributed by atoms with E-state index >= 15 is 0 Å². The van der Waals surface area contributed by atoms with Gasteiger partial charge >= 0.3 is 0 Å². The molecule has 2 N–H and O–H groups in total. The fourth-order valence-electron chi connectivity index (χ4n) is 3.19. The Morgan fingerprint density at radius 3 is 2.68 bits per heavy atom. The minimum Gasteiger partial charge on any atom is -0.323 e. The second-order valence-corrected chi connectivity index (χ2v) is 5.47. The van der Waals surface area contributed by atoms with Gasteiger partial charge in [0.15, 0.2) is 0 Å². The highest BCUT2D eigenvalue weighted by Crippen LogP contribution is 2.38. The van der Waals surface area contributed by atoms with Gasteiger partial charge < -0.3 is 5.84 Å². The number of nitrogen functional groups attached to an aromatic ring is 1. The van der Waals surface area contributed by atoms with Crippen LogP contribution < -0.4 is 5.84 Å². The number of nitrogens with two attached hydrogens (primary N) is 1. The number of aryl methyl sites for hydroxylation is 1. The highest BCUT2D eigenvalue weighted by Gasteiger charge is 2.25. The van der Waals surface area contributed by atoms with Crippen molar-refractivity contribution in [1.29, 1.82) is 5.26 Å². The summed E-state index contributed by atoms with van der Waals surface area (Å²) in [5, 5.41) is 13.6. The van der Waals surface area contributed by atoms with Crippen molar-refractivity contribution >= 4 is 0 Å². The van der Waals surface area contributed by atoms with E-state index in [4.69, 9.17) is 11.1 Å². The summed E-state index contributed by atoms with van der Waals surface area (Å²) in [4.78, 5) is 1.48. The smallest absolute Gasteiger partial charge is 0.0991 e. The second-order valence-electron chi connectivity index (χ2n) is 5.47. The molecule has 0 aliphatic heterocycles. The summed E-state index contributed by atoms with van der Waals surface area (Å²) in [6.07, 6.45) is 1.79. The van der Waals surface area contributed by atoms with Crippen molar-refractivity contribution in [3.63, 3.8) is 0 Å². The normalized spacial score (nSPS) is 12.3. The summed E-state index contributed by atoms with van der Waals surface area (Å²) in [6, 6.07) is 18.1. The van der Waals surface area contributed by atoms with Crippen LogP contribution in [0.4, 0.5) is 0 Å². The molecule has 1 heterocycles. The molecule has 0 amide bonds. The first-order valence-electron chi connectivity index (χ1n) is 7.23. The molecular weight excluding hydrogens is 272 g/mol. The van der Waals surface area contributed by atoms with Crippen LogP contribution in [0.3, 0.4) is 0 Å². The van der Waals surface area contributed by atoms with Crippen molar-refractivity contribution in [3.05, 3.63) is 65.2 Å². The molecule has 0 atom stereocenters. The molecule has 106 valence electrons. The molecule has 0 saturated heterocycles. The Kier molecular flexibility index (Phi) is 2.73. The van der Waals surface area contributed by atoms with Crippen LogP contribution in [0.15, 0.2) is 48.5 Å². The molecule has 22 heavy (non-hydrogen) atoms. The Bertz CT molecular complexity index is 901. The second kappa shape index (κ2) is 4.74. The van der Waals surface area contributed by atoms with Gasteiger partial charge in [0.25, 0.3) is 0 Å². The summed E-state index contributed by atoms with van der Waals surface area (Å²) in [7, 11) is 0. The van der Waals surface area contributed by atoms with Crippen molar-refractivity contribution in [2.24, 2.45) is 0 Å². The van der Waals surface area contributed by atoms with E-state index in [1.807, 2.05) is 36.4 Å². The van der Waals surface area contributed by atoms with Crippen molar-refractivity contribution in [3.8, 4) is 28.6 Å². The third-order valence-corrected chi connectivity index (χ3v) is 4.19. The number of nitrogens with zero attached hydrogens (tertiary/aromatic N) is 3. The zero-order chi connectivity index (χ0) is 15.1. The summed E-state index contributed by atoms with van der Waals surface area (Å²) in [6.45, 7) is 0. The third kappa shape index (κ3) is 1.80. The van der Waals surface area contributed by atoms with Gasteiger partial charge in [-0.3, -0.25) is 0 Å². The van der Waals surface area contributed by atoms with Gasteiger partial charge in [-0.25, -0.2) is 0 Å². The van der Waals surface area contributed by atoms with Crippen LogP contribution in [0, 0.1) is 11.3 Å². The van der Waals surface area contributed by atoms with Crippen LogP contribution in [0.2, 0.25) is 0 Å². The van der Waals surface area contributed by atoms with Crippen LogP contribution in [0.25, 0.3) is 22.5 Å². The van der Waals surface area contributed by atoms with Crippen LogP contribution in [-0.2, 0) is 12.8 Å². The lowest BCUT2D eigenvalue weighted by Gasteiger charge is -2.16. The molecule has 1 aromatic heterocycles. The van der Waals surface area contributed by atoms with Gasteiger partial charge in [0.2, 0.25) is 0 Å². The van der Waals surface area contributed by atoms with E-state index in [-0.39, 0.29) is 0 Å². The highest BCUT2D eigenvalue weighted by molar-refractivity contribution is 5.78. The van der Waals surface area contributed by atoms with Crippen molar-refractivity contribution < 1.29 is 0 Å². The Balaban J connectivity index is 1.92. The zero-order valence-corrected chi connectivity index (χ0v) is 12.0. The maximum absolute atomic E-state index is 9.04. The van der Waals surface area contributed by atoms with E-state index in [0.29, 0.717) is 5.56 Å². The molecule has 1 aliphatic rings. The molecule has 4 heteroatoms. The van der Waals surface area contributed by atoms with Crippen molar-refractivity contribution in [2.45, 2.75) is 12.8 Å². The lowest BCUT2D eigenvalue weighted by Crippen LogP contribution is -2.11. The fraction of sp³-hybridized carbons (Fsp3) is 0.111. The fourth-order valence-corrected chi connectivity index (χ4v) is 3.19. The van der Waals surface area contributed by atoms with Crippen LogP contribution in [0.5, 0.6) is 0 Å². The molecule has 1 aliphatic carbocycles. The van der Waals surface area contributed by atoms with Gasteiger partial charge in [0, 0.05) is 16.7 Å². The number of rotatable bonds is 1. The highest BCUT2D eigenvalue weighted by atomic mass is 15.5. The SMILES string of the molecule is N#Cc1ccc2c(c1)CCc1c-2nn(N)c1-c1ccccc1. The molecule has 0 radical (unpaired) electrons. The summed E-state index contributed by atoms with van der Waals surface area (Å²) in [5.41, 5.74) is 7.13. The van der Waals surface area contributed by atoms with Crippen molar-refractivity contribution in [2.75, 3.05) is 5.84 Å². The molecule has 0 fully saturated rings. The Labute approximate surface area is 128 Å².